The highest BCUT2D eigenvalue weighted by Crippen LogP contribution is 2.19. The quantitative estimate of drug-likeness (QED) is 0.654. The number of ether oxygens (including phenoxy) is 1. The monoisotopic (exact) mass is 213 g/mol. The first-order valence-electron chi connectivity index (χ1n) is 4.03. The minimum absolute atomic E-state index is 0.0209. The fourth-order valence-corrected chi connectivity index (χ4v) is 1.19. The van der Waals surface area contributed by atoms with Crippen LogP contribution in [0.3, 0.4) is 0 Å². The van der Waals surface area contributed by atoms with Crippen LogP contribution in [0.4, 0.5) is 13.2 Å². The molecule has 0 aromatic rings. The zero-order valence-electron chi connectivity index (χ0n) is 7.25. The van der Waals surface area contributed by atoms with E-state index in [1.165, 1.54) is 0 Å². The van der Waals surface area contributed by atoms with E-state index in [1.54, 1.807) is 0 Å². The van der Waals surface area contributed by atoms with Crippen molar-refractivity contribution in [2.45, 2.75) is 12.3 Å². The van der Waals surface area contributed by atoms with Crippen LogP contribution >= 0.6 is 0 Å². The number of aliphatic hydroxyl groups is 1. The Bertz CT molecular complexity index is 219. The minimum atomic E-state index is -4.85. The van der Waals surface area contributed by atoms with Gasteiger partial charge in [-0.3, -0.25) is 4.79 Å². The van der Waals surface area contributed by atoms with Crippen molar-refractivity contribution in [1.29, 1.82) is 0 Å². The summed E-state index contributed by atoms with van der Waals surface area (Å²) in [6, 6.07) is 0. The molecule has 82 valence electrons. The summed E-state index contributed by atoms with van der Waals surface area (Å²) in [7, 11) is 0. The number of carbonyl (C=O) groups excluding carboxylic acids is 1. The Labute approximate surface area is 78.2 Å². The van der Waals surface area contributed by atoms with Crippen molar-refractivity contribution in [3.8, 4) is 0 Å². The fraction of sp³-hybridized carbons (Fsp3) is 0.857. The van der Waals surface area contributed by atoms with Gasteiger partial charge in [0.15, 0.2) is 0 Å². The number of carbonyl (C=O) groups is 1. The van der Waals surface area contributed by atoms with Crippen molar-refractivity contribution >= 4 is 5.91 Å². The number of hydrogen-bond donors (Lipinski definition) is 1. The summed E-state index contributed by atoms with van der Waals surface area (Å²) < 4.78 is 40.8. The number of morpholine rings is 1. The lowest BCUT2D eigenvalue weighted by Crippen LogP contribution is -2.51. The molecule has 4 nitrogen and oxygen atoms in total. The van der Waals surface area contributed by atoms with Crippen LogP contribution < -0.4 is 0 Å². The molecule has 0 aliphatic carbocycles. The second kappa shape index (κ2) is 4.14. The zero-order chi connectivity index (χ0) is 10.8. The van der Waals surface area contributed by atoms with E-state index in [0.29, 0.717) is 4.90 Å². The molecule has 1 rings (SSSR count). The number of alkyl halides is 3. The second-order valence-corrected chi connectivity index (χ2v) is 2.92. The van der Waals surface area contributed by atoms with E-state index in [9.17, 15) is 18.0 Å². The van der Waals surface area contributed by atoms with Gasteiger partial charge in [0.1, 0.15) is 0 Å². The maximum atomic E-state index is 12.0. The van der Waals surface area contributed by atoms with Gasteiger partial charge in [-0.1, -0.05) is 0 Å². The van der Waals surface area contributed by atoms with Crippen molar-refractivity contribution in [3.05, 3.63) is 0 Å². The van der Waals surface area contributed by atoms with Gasteiger partial charge in [-0.05, 0) is 0 Å². The fourth-order valence-electron chi connectivity index (χ4n) is 1.19. The first-order valence-corrected chi connectivity index (χ1v) is 4.03. The molecule has 14 heavy (non-hydrogen) atoms. The molecule has 1 N–H and O–H groups in total. The number of hydrogen-bond acceptors (Lipinski definition) is 3. The molecular weight excluding hydrogens is 203 g/mol. The molecule has 1 atom stereocenters. The topological polar surface area (TPSA) is 49.8 Å². The maximum absolute atomic E-state index is 12.0. The molecule has 1 unspecified atom stereocenters. The Morgan fingerprint density at radius 3 is 2.71 bits per heavy atom. The molecule has 0 bridgehead atoms. The summed E-state index contributed by atoms with van der Waals surface area (Å²) in [6.45, 7) is -0.668. The van der Waals surface area contributed by atoms with E-state index in [1.807, 2.05) is 0 Å². The van der Waals surface area contributed by atoms with E-state index in [-0.39, 0.29) is 26.3 Å². The maximum Gasteiger partial charge on any atom is 0.471 e. The zero-order valence-corrected chi connectivity index (χ0v) is 7.25. The Morgan fingerprint density at radius 2 is 2.21 bits per heavy atom. The van der Waals surface area contributed by atoms with Crippen molar-refractivity contribution < 1.29 is 27.8 Å². The smallest absolute Gasteiger partial charge is 0.394 e. The summed E-state index contributed by atoms with van der Waals surface area (Å²) in [6.07, 6.45) is -5.56. The van der Waals surface area contributed by atoms with E-state index in [4.69, 9.17) is 9.84 Å². The summed E-state index contributed by atoms with van der Waals surface area (Å²) in [5, 5.41) is 8.65. The molecule has 0 radical (unpaired) electrons. The molecule has 1 amide bonds. The predicted molar refractivity (Wildman–Crippen MR) is 39.5 cm³/mol. The molecule has 1 heterocycles. The van der Waals surface area contributed by atoms with Gasteiger partial charge in [0.2, 0.25) is 0 Å². The summed E-state index contributed by atoms with van der Waals surface area (Å²) in [4.78, 5) is 11.4. The molecule has 7 heteroatoms. The van der Waals surface area contributed by atoms with Crippen LogP contribution in [0.15, 0.2) is 0 Å². The molecule has 1 aliphatic rings. The first kappa shape index (κ1) is 11.3. The first-order chi connectivity index (χ1) is 6.45. The average Bonchev–Trinajstić information content (AvgIpc) is 2.15. The van der Waals surface area contributed by atoms with Gasteiger partial charge in [-0.15, -0.1) is 0 Å². The van der Waals surface area contributed by atoms with Gasteiger partial charge in [0.25, 0.3) is 0 Å². The van der Waals surface area contributed by atoms with Gasteiger partial charge in [-0.2, -0.15) is 13.2 Å². The van der Waals surface area contributed by atoms with Gasteiger partial charge >= 0.3 is 12.1 Å². The molecule has 1 saturated heterocycles. The van der Waals surface area contributed by atoms with Gasteiger partial charge in [0, 0.05) is 13.1 Å². The van der Waals surface area contributed by atoms with Crippen molar-refractivity contribution in [2.75, 3.05) is 26.3 Å². The lowest BCUT2D eigenvalue weighted by atomic mass is 10.3. The van der Waals surface area contributed by atoms with Crippen LogP contribution in [0.2, 0.25) is 0 Å². The van der Waals surface area contributed by atoms with E-state index < -0.39 is 18.2 Å². The Morgan fingerprint density at radius 1 is 1.57 bits per heavy atom. The molecule has 0 spiro atoms. The largest absolute Gasteiger partial charge is 0.471 e. The highest BCUT2D eigenvalue weighted by atomic mass is 19.4. The summed E-state index contributed by atoms with van der Waals surface area (Å²) in [5.41, 5.74) is 0. The predicted octanol–water partition coefficient (Wildman–Crippen LogP) is -0.232. The Kier molecular flexibility index (Phi) is 3.33. The molecule has 1 fully saturated rings. The highest BCUT2D eigenvalue weighted by molar-refractivity contribution is 5.81. The second-order valence-electron chi connectivity index (χ2n) is 2.92. The third kappa shape index (κ3) is 2.58. The van der Waals surface area contributed by atoms with Gasteiger partial charge in [-0.25, -0.2) is 0 Å². The van der Waals surface area contributed by atoms with Crippen molar-refractivity contribution in [3.63, 3.8) is 0 Å². The van der Waals surface area contributed by atoms with Crippen LogP contribution in [0.25, 0.3) is 0 Å². The van der Waals surface area contributed by atoms with Crippen LogP contribution in [0, 0.1) is 0 Å². The number of aliphatic hydroxyl groups excluding tert-OH is 1. The number of amides is 1. The van der Waals surface area contributed by atoms with Crippen LogP contribution in [-0.4, -0.2) is 54.5 Å². The van der Waals surface area contributed by atoms with Crippen LogP contribution in [0.1, 0.15) is 0 Å². The molecular formula is C7H10F3NO3. The lowest BCUT2D eigenvalue weighted by molar-refractivity contribution is -0.191. The molecule has 1 aliphatic heterocycles. The van der Waals surface area contributed by atoms with E-state index in [2.05, 4.69) is 0 Å². The minimum Gasteiger partial charge on any atom is -0.394 e. The third-order valence-electron chi connectivity index (χ3n) is 1.87. The van der Waals surface area contributed by atoms with Crippen LogP contribution in [-0.2, 0) is 9.53 Å². The van der Waals surface area contributed by atoms with E-state index >= 15 is 0 Å². The third-order valence-corrected chi connectivity index (χ3v) is 1.87. The average molecular weight is 213 g/mol. The summed E-state index contributed by atoms with van der Waals surface area (Å²) >= 11 is 0. The summed E-state index contributed by atoms with van der Waals surface area (Å²) in [5.74, 6) is -1.88. The highest BCUT2D eigenvalue weighted by Gasteiger charge is 2.43. The van der Waals surface area contributed by atoms with Crippen LogP contribution in [0.5, 0.6) is 0 Å². The number of rotatable bonds is 1. The Hall–Kier alpha value is -0.820. The molecule has 0 aromatic carbocycles. The van der Waals surface area contributed by atoms with E-state index in [0.717, 1.165) is 0 Å². The number of halogens is 3. The number of nitrogens with zero attached hydrogens (tertiary/aromatic N) is 1. The SMILES string of the molecule is O=C(N1CCOC(CO)C1)C(F)(F)F. The standard InChI is InChI=1S/C7H10F3NO3/c8-7(9,10)6(13)11-1-2-14-5(3-11)4-12/h5,12H,1-4H2. The van der Waals surface area contributed by atoms with Gasteiger partial charge < -0.3 is 14.7 Å². The van der Waals surface area contributed by atoms with Crippen molar-refractivity contribution in [1.82, 2.24) is 4.90 Å². The molecule has 0 saturated carbocycles. The molecule has 0 aromatic heterocycles. The lowest BCUT2D eigenvalue weighted by Gasteiger charge is -2.32. The van der Waals surface area contributed by atoms with Crippen molar-refractivity contribution in [2.24, 2.45) is 0 Å². The normalized spacial score (nSPS) is 23.7. The van der Waals surface area contributed by atoms with Gasteiger partial charge in [0.05, 0.1) is 19.3 Å². The Balaban J connectivity index is 2.56.